The van der Waals surface area contributed by atoms with E-state index in [2.05, 4.69) is 5.32 Å². The Morgan fingerprint density at radius 3 is 2.48 bits per heavy atom. The summed E-state index contributed by atoms with van der Waals surface area (Å²) in [6, 6.07) is 10.2. The van der Waals surface area contributed by atoms with Crippen LogP contribution in [0.25, 0.3) is 0 Å². The molecule has 1 N–H and O–H groups in total. The molecule has 0 aliphatic carbocycles. The van der Waals surface area contributed by atoms with E-state index in [1.165, 1.54) is 12.1 Å². The van der Waals surface area contributed by atoms with Gasteiger partial charge in [-0.3, -0.25) is 4.79 Å². The molecule has 8 heteroatoms. The zero-order valence-electron chi connectivity index (χ0n) is 14.6. The molecule has 0 unspecified atom stereocenters. The number of amides is 1. The zero-order chi connectivity index (χ0) is 19.3. The molecule has 0 aromatic heterocycles. The monoisotopic (exact) mass is 393 g/mol. The molecule has 1 aliphatic heterocycles. The Morgan fingerprint density at radius 2 is 1.74 bits per heavy atom. The van der Waals surface area contributed by atoms with Crippen LogP contribution in [0.15, 0.2) is 47.4 Å². The lowest BCUT2D eigenvalue weighted by Crippen LogP contribution is -2.27. The normalized spacial score (nSPS) is 13.2. The van der Waals surface area contributed by atoms with Gasteiger partial charge in [-0.05, 0) is 48.4 Å². The number of benzene rings is 2. The van der Waals surface area contributed by atoms with Crippen LogP contribution in [0, 0.1) is 5.82 Å². The van der Waals surface area contributed by atoms with E-state index in [9.17, 15) is 17.6 Å². The van der Waals surface area contributed by atoms with Gasteiger partial charge in [0.2, 0.25) is 5.91 Å². The second kappa shape index (κ2) is 8.39. The third kappa shape index (κ3) is 5.19. The van der Waals surface area contributed by atoms with Gasteiger partial charge in [-0.1, -0.05) is 6.07 Å². The van der Waals surface area contributed by atoms with Crippen LogP contribution in [-0.2, 0) is 21.1 Å². The van der Waals surface area contributed by atoms with E-state index in [4.69, 9.17) is 9.47 Å². The number of rotatable bonds is 7. The quantitative estimate of drug-likeness (QED) is 0.729. The highest BCUT2D eigenvalue weighted by molar-refractivity contribution is 7.91. The molecule has 2 aromatic carbocycles. The van der Waals surface area contributed by atoms with Crippen molar-refractivity contribution in [1.29, 1.82) is 0 Å². The van der Waals surface area contributed by atoms with Crippen molar-refractivity contribution in [2.24, 2.45) is 0 Å². The second-order valence-corrected chi connectivity index (χ2v) is 8.21. The summed E-state index contributed by atoms with van der Waals surface area (Å²) in [5.41, 5.74) is 0.985. The van der Waals surface area contributed by atoms with Crippen molar-refractivity contribution >= 4 is 15.7 Å². The molecule has 0 fully saturated rings. The molecule has 1 heterocycles. The van der Waals surface area contributed by atoms with Crippen LogP contribution < -0.4 is 14.8 Å². The largest absolute Gasteiger partial charge is 0.486 e. The topological polar surface area (TPSA) is 81.7 Å². The number of halogens is 1. The minimum Gasteiger partial charge on any atom is -0.486 e. The molecule has 1 aliphatic rings. The molecule has 0 saturated carbocycles. The summed E-state index contributed by atoms with van der Waals surface area (Å²) in [5, 5.41) is 2.71. The summed E-state index contributed by atoms with van der Waals surface area (Å²) < 4.78 is 48.2. The standard InChI is InChI=1S/C19H20FNO5S/c20-15-2-4-16(5-3-15)27(23,24)12-8-19(22)21-9-7-14-1-6-17-18(13-14)26-11-10-25-17/h1-6,13H,7-12H2,(H,21,22). The van der Waals surface area contributed by atoms with Crippen molar-refractivity contribution in [2.45, 2.75) is 17.7 Å². The summed E-state index contributed by atoms with van der Waals surface area (Å²) in [6.07, 6.45) is 0.438. The fraction of sp³-hybridized carbons (Fsp3) is 0.316. The van der Waals surface area contributed by atoms with E-state index >= 15 is 0 Å². The molecule has 6 nitrogen and oxygen atoms in total. The minimum atomic E-state index is -3.62. The predicted molar refractivity (Wildman–Crippen MR) is 97.2 cm³/mol. The maximum Gasteiger partial charge on any atom is 0.221 e. The Hall–Kier alpha value is -2.61. The van der Waals surface area contributed by atoms with Gasteiger partial charge >= 0.3 is 0 Å². The zero-order valence-corrected chi connectivity index (χ0v) is 15.4. The summed E-state index contributed by atoms with van der Waals surface area (Å²) in [7, 11) is -3.62. The average molecular weight is 393 g/mol. The Balaban J connectivity index is 1.45. The van der Waals surface area contributed by atoms with Gasteiger partial charge in [-0.2, -0.15) is 0 Å². The van der Waals surface area contributed by atoms with Gasteiger partial charge in [0.25, 0.3) is 0 Å². The van der Waals surface area contributed by atoms with E-state index in [1.807, 2.05) is 18.2 Å². The Kier molecular flexibility index (Phi) is 5.95. The third-order valence-corrected chi connectivity index (χ3v) is 5.85. The van der Waals surface area contributed by atoms with E-state index in [-0.39, 0.29) is 23.0 Å². The number of sulfone groups is 1. The molecule has 0 bridgehead atoms. The summed E-state index contributed by atoms with van der Waals surface area (Å²) in [4.78, 5) is 11.9. The molecule has 0 radical (unpaired) electrons. The molecule has 1 amide bonds. The highest BCUT2D eigenvalue weighted by Crippen LogP contribution is 2.30. The maximum absolute atomic E-state index is 12.9. The number of hydrogen-bond donors (Lipinski definition) is 1. The molecular formula is C19H20FNO5S. The first kappa shape index (κ1) is 19.2. The third-order valence-electron chi connectivity index (χ3n) is 4.11. The maximum atomic E-state index is 12.9. The van der Waals surface area contributed by atoms with E-state index < -0.39 is 15.7 Å². The molecule has 0 spiro atoms. The van der Waals surface area contributed by atoms with Crippen molar-refractivity contribution in [3.8, 4) is 11.5 Å². The lowest BCUT2D eigenvalue weighted by molar-refractivity contribution is -0.120. The first-order valence-electron chi connectivity index (χ1n) is 8.57. The molecule has 27 heavy (non-hydrogen) atoms. The summed E-state index contributed by atoms with van der Waals surface area (Å²) >= 11 is 0. The number of nitrogens with one attached hydrogen (secondary N) is 1. The lowest BCUT2D eigenvalue weighted by atomic mass is 10.1. The van der Waals surface area contributed by atoms with E-state index in [1.54, 1.807) is 0 Å². The highest BCUT2D eigenvalue weighted by Gasteiger charge is 2.16. The molecular weight excluding hydrogens is 373 g/mol. The first-order valence-corrected chi connectivity index (χ1v) is 10.2. The number of hydrogen-bond acceptors (Lipinski definition) is 5. The second-order valence-electron chi connectivity index (χ2n) is 6.10. The minimum absolute atomic E-state index is 0.00739. The summed E-state index contributed by atoms with van der Waals surface area (Å²) in [5.74, 6) is 0.216. The van der Waals surface area contributed by atoms with Crippen molar-refractivity contribution in [3.63, 3.8) is 0 Å². The number of carbonyl (C=O) groups is 1. The Labute approximate surface area is 157 Å². The van der Waals surface area contributed by atoms with Crippen LogP contribution in [0.2, 0.25) is 0 Å². The predicted octanol–water partition coefficient (Wildman–Crippen LogP) is 2.12. The van der Waals surface area contributed by atoms with Gasteiger partial charge in [0.05, 0.1) is 10.6 Å². The van der Waals surface area contributed by atoms with Gasteiger partial charge in [-0.15, -0.1) is 0 Å². The molecule has 0 atom stereocenters. The van der Waals surface area contributed by atoms with Gasteiger partial charge in [0, 0.05) is 13.0 Å². The van der Waals surface area contributed by atoms with Crippen molar-refractivity contribution in [1.82, 2.24) is 5.32 Å². The van der Waals surface area contributed by atoms with E-state index in [0.717, 1.165) is 17.7 Å². The van der Waals surface area contributed by atoms with Crippen LogP contribution in [0.5, 0.6) is 11.5 Å². The smallest absolute Gasteiger partial charge is 0.221 e. The van der Waals surface area contributed by atoms with Gasteiger partial charge in [0.15, 0.2) is 21.3 Å². The molecule has 0 saturated heterocycles. The van der Waals surface area contributed by atoms with E-state index in [0.29, 0.717) is 37.7 Å². The Bertz CT molecular complexity index is 912. The Morgan fingerprint density at radius 1 is 1.04 bits per heavy atom. The van der Waals surface area contributed by atoms with Crippen LogP contribution >= 0.6 is 0 Å². The fourth-order valence-corrected chi connectivity index (χ4v) is 3.91. The fourth-order valence-electron chi connectivity index (χ4n) is 2.66. The number of fused-ring (bicyclic) bond motifs is 1. The van der Waals surface area contributed by atoms with Gasteiger partial charge in [-0.25, -0.2) is 12.8 Å². The molecule has 3 rings (SSSR count). The summed E-state index contributed by atoms with van der Waals surface area (Å²) in [6.45, 7) is 1.42. The highest BCUT2D eigenvalue weighted by atomic mass is 32.2. The lowest BCUT2D eigenvalue weighted by Gasteiger charge is -2.18. The van der Waals surface area contributed by atoms with Crippen molar-refractivity contribution < 1.29 is 27.1 Å². The van der Waals surface area contributed by atoms with Gasteiger partial charge < -0.3 is 14.8 Å². The van der Waals surface area contributed by atoms with Crippen LogP contribution in [-0.4, -0.2) is 39.8 Å². The van der Waals surface area contributed by atoms with Crippen molar-refractivity contribution in [2.75, 3.05) is 25.5 Å². The van der Waals surface area contributed by atoms with Crippen molar-refractivity contribution in [3.05, 3.63) is 53.8 Å². The van der Waals surface area contributed by atoms with Crippen LogP contribution in [0.1, 0.15) is 12.0 Å². The van der Waals surface area contributed by atoms with Crippen LogP contribution in [0.3, 0.4) is 0 Å². The number of carbonyl (C=O) groups excluding carboxylic acids is 1. The SMILES string of the molecule is O=C(CCS(=O)(=O)c1ccc(F)cc1)NCCc1ccc2c(c1)OCCO2. The molecule has 2 aromatic rings. The number of ether oxygens (including phenoxy) is 2. The average Bonchev–Trinajstić information content (AvgIpc) is 2.67. The van der Waals surface area contributed by atoms with Crippen LogP contribution in [0.4, 0.5) is 4.39 Å². The van der Waals surface area contributed by atoms with Gasteiger partial charge in [0.1, 0.15) is 19.0 Å². The molecule has 144 valence electrons. The first-order chi connectivity index (χ1) is 12.9.